The molecule has 0 fully saturated rings. The molecule has 0 aliphatic rings. The summed E-state index contributed by atoms with van der Waals surface area (Å²) in [6, 6.07) is 7.76. The number of carbonyl (C=O) groups is 1. The van der Waals surface area contributed by atoms with Gasteiger partial charge in [0.25, 0.3) is 5.56 Å². The number of carboxylic acid groups (broad SMARTS) is 1. The summed E-state index contributed by atoms with van der Waals surface area (Å²) in [5.74, 6) is -1.11. The number of rotatable bonds is 8. The zero-order valence-corrected chi connectivity index (χ0v) is 21.7. The second-order valence-corrected chi connectivity index (χ2v) is 8.78. The molecule has 1 aromatic carbocycles. The van der Waals surface area contributed by atoms with Crippen molar-refractivity contribution in [3.63, 3.8) is 0 Å². The highest BCUT2D eigenvalue weighted by molar-refractivity contribution is 6.30. The molecule has 0 amide bonds. The fourth-order valence-electron chi connectivity index (χ4n) is 3.89. The first-order chi connectivity index (χ1) is 17.6. The molecule has 2 N–H and O–H groups in total. The van der Waals surface area contributed by atoms with Gasteiger partial charge in [-0.3, -0.25) is 4.79 Å². The van der Waals surface area contributed by atoms with Gasteiger partial charge in [-0.1, -0.05) is 35.3 Å². The number of carboxylic acids is 1. The van der Waals surface area contributed by atoms with E-state index < -0.39 is 12.0 Å². The van der Waals surface area contributed by atoms with Crippen molar-refractivity contribution >= 4 is 34.9 Å². The van der Waals surface area contributed by atoms with E-state index in [-0.39, 0.29) is 28.2 Å². The van der Waals surface area contributed by atoms with E-state index >= 15 is 0 Å². The third kappa shape index (κ3) is 5.09. The molecule has 0 aliphatic heterocycles. The number of aryl methyl sites for hydroxylation is 1. The van der Waals surface area contributed by atoms with E-state index in [9.17, 15) is 14.7 Å². The molecule has 0 radical (unpaired) electrons. The first-order valence-corrected chi connectivity index (χ1v) is 11.6. The number of benzene rings is 1. The monoisotopic (exact) mass is 544 g/mol. The van der Waals surface area contributed by atoms with Gasteiger partial charge in [-0.25, -0.2) is 14.5 Å². The van der Waals surface area contributed by atoms with Gasteiger partial charge in [0, 0.05) is 29.5 Å². The van der Waals surface area contributed by atoms with Crippen LogP contribution in [0.4, 0.5) is 5.69 Å². The van der Waals surface area contributed by atoms with Crippen LogP contribution in [0.15, 0.2) is 47.5 Å². The Kier molecular flexibility index (Phi) is 7.37. The van der Waals surface area contributed by atoms with Crippen molar-refractivity contribution in [3.05, 3.63) is 85.6 Å². The zero-order chi connectivity index (χ0) is 26.9. The molecule has 11 nitrogen and oxygen atoms in total. The van der Waals surface area contributed by atoms with Gasteiger partial charge >= 0.3 is 12.0 Å². The summed E-state index contributed by atoms with van der Waals surface area (Å²) in [5.41, 5.74) is 1.76. The normalized spacial score (nSPS) is 11.7. The van der Waals surface area contributed by atoms with Crippen molar-refractivity contribution < 1.29 is 19.4 Å². The Bertz CT molecular complexity index is 1510. The number of aromatic carboxylic acids is 1. The molecule has 4 rings (SSSR count). The molecule has 0 aliphatic carbocycles. The van der Waals surface area contributed by atoms with E-state index in [2.05, 4.69) is 20.4 Å². The number of pyridine rings is 1. The fraction of sp³-hybridized carbons (Fsp3) is 0.208. The van der Waals surface area contributed by atoms with Gasteiger partial charge in [-0.15, -0.1) is 0 Å². The van der Waals surface area contributed by atoms with Gasteiger partial charge in [0.05, 0.1) is 32.1 Å². The van der Waals surface area contributed by atoms with Crippen LogP contribution >= 0.6 is 23.2 Å². The molecule has 3 aromatic heterocycles. The van der Waals surface area contributed by atoms with E-state index in [1.165, 1.54) is 35.7 Å². The van der Waals surface area contributed by atoms with E-state index in [4.69, 9.17) is 32.7 Å². The minimum Gasteiger partial charge on any atom is -0.479 e. The number of ether oxygens (including phenoxy) is 2. The zero-order valence-electron chi connectivity index (χ0n) is 20.2. The molecule has 1 atom stereocenters. The van der Waals surface area contributed by atoms with Crippen LogP contribution in [0.5, 0.6) is 11.9 Å². The number of halogens is 2. The molecule has 0 bridgehead atoms. The van der Waals surface area contributed by atoms with Crippen molar-refractivity contribution in [2.45, 2.75) is 13.0 Å². The highest BCUT2D eigenvalue weighted by Crippen LogP contribution is 2.34. The molecule has 0 saturated heterocycles. The van der Waals surface area contributed by atoms with Gasteiger partial charge in [0.2, 0.25) is 5.88 Å². The largest absolute Gasteiger partial charge is 0.479 e. The molecular weight excluding hydrogens is 523 g/mol. The van der Waals surface area contributed by atoms with E-state index in [0.717, 1.165) is 0 Å². The molecular formula is C24H22Cl2N6O5. The van der Waals surface area contributed by atoms with Crippen LogP contribution in [0.2, 0.25) is 10.0 Å². The summed E-state index contributed by atoms with van der Waals surface area (Å²) in [4.78, 5) is 32.8. The lowest BCUT2D eigenvalue weighted by Crippen LogP contribution is -2.20. The maximum Gasteiger partial charge on any atom is 0.356 e. The Hall–Kier alpha value is -4.09. The second-order valence-electron chi connectivity index (χ2n) is 7.94. The lowest BCUT2D eigenvalue weighted by molar-refractivity contribution is 0.0688. The third-order valence-corrected chi connectivity index (χ3v) is 6.15. The number of hydrogen-bond acceptors (Lipinski definition) is 8. The van der Waals surface area contributed by atoms with Crippen LogP contribution in [-0.4, -0.2) is 49.6 Å². The molecule has 192 valence electrons. The molecule has 1 unspecified atom stereocenters. The smallest absolute Gasteiger partial charge is 0.356 e. The average molecular weight is 545 g/mol. The number of aromatic nitrogens is 5. The molecule has 0 spiro atoms. The summed E-state index contributed by atoms with van der Waals surface area (Å²) in [6.45, 7) is 1.72. The molecule has 13 heteroatoms. The number of anilines is 1. The first kappa shape index (κ1) is 26.0. The van der Waals surface area contributed by atoms with E-state index in [1.807, 2.05) is 0 Å². The minimum absolute atomic E-state index is 0.00773. The Balaban J connectivity index is 1.94. The molecule has 37 heavy (non-hydrogen) atoms. The predicted octanol–water partition coefficient (Wildman–Crippen LogP) is 3.89. The highest BCUT2D eigenvalue weighted by atomic mass is 35.5. The second kappa shape index (κ2) is 10.5. The quantitative estimate of drug-likeness (QED) is 0.338. The molecule has 0 saturated carbocycles. The van der Waals surface area contributed by atoms with Crippen molar-refractivity contribution in [2.75, 3.05) is 19.5 Å². The van der Waals surface area contributed by atoms with Crippen LogP contribution in [0.1, 0.15) is 33.4 Å². The standard InChI is InChI=1S/C24H22Cl2N6O5/c1-12-18(20(23(34)35)30-32(12)17-10-27-24(37-4)29-21(17)36-3)19(13-5-7-14(25)8-6-13)28-15-9-16(26)22(33)31(2)11-15/h5-11,19,28H,1-4H3,(H,34,35). The van der Waals surface area contributed by atoms with Crippen molar-refractivity contribution in [1.82, 2.24) is 24.3 Å². The molecule has 4 aromatic rings. The predicted molar refractivity (Wildman–Crippen MR) is 138 cm³/mol. The number of nitrogens with zero attached hydrogens (tertiary/aromatic N) is 5. The number of methoxy groups -OCH3 is 2. The van der Waals surface area contributed by atoms with Crippen molar-refractivity contribution in [2.24, 2.45) is 7.05 Å². The SMILES string of the molecule is COc1ncc(-n2nc(C(=O)O)c(C(Nc3cc(Cl)c(=O)n(C)c3)c3ccc(Cl)cc3)c2C)c(OC)n1. The Morgan fingerprint density at radius 3 is 2.46 bits per heavy atom. The van der Waals surface area contributed by atoms with Gasteiger partial charge in [-0.05, 0) is 30.7 Å². The van der Waals surface area contributed by atoms with E-state index in [0.29, 0.717) is 33.2 Å². The maximum absolute atomic E-state index is 12.4. The average Bonchev–Trinajstić information content (AvgIpc) is 3.22. The molecule has 3 heterocycles. The van der Waals surface area contributed by atoms with Crippen molar-refractivity contribution in [1.29, 1.82) is 0 Å². The van der Waals surface area contributed by atoms with Gasteiger partial charge in [0.15, 0.2) is 5.69 Å². The van der Waals surface area contributed by atoms with Crippen LogP contribution in [0, 0.1) is 6.92 Å². The lowest BCUT2D eigenvalue weighted by Gasteiger charge is -2.22. The van der Waals surface area contributed by atoms with E-state index in [1.54, 1.807) is 44.4 Å². The van der Waals surface area contributed by atoms with Crippen LogP contribution in [0.3, 0.4) is 0 Å². The maximum atomic E-state index is 12.4. The van der Waals surface area contributed by atoms with Crippen LogP contribution < -0.4 is 20.3 Å². The van der Waals surface area contributed by atoms with Gasteiger partial charge in [0.1, 0.15) is 10.7 Å². The lowest BCUT2D eigenvalue weighted by atomic mass is 9.96. The Labute approximate surface area is 221 Å². The minimum atomic E-state index is -1.25. The summed E-state index contributed by atoms with van der Waals surface area (Å²) in [6.07, 6.45) is 3.00. The van der Waals surface area contributed by atoms with Gasteiger partial charge < -0.3 is 24.5 Å². The third-order valence-electron chi connectivity index (χ3n) is 5.63. The highest BCUT2D eigenvalue weighted by Gasteiger charge is 2.30. The van der Waals surface area contributed by atoms with Gasteiger partial charge in [-0.2, -0.15) is 10.1 Å². The number of hydrogen-bond donors (Lipinski definition) is 2. The Morgan fingerprint density at radius 2 is 1.86 bits per heavy atom. The summed E-state index contributed by atoms with van der Waals surface area (Å²) in [7, 11) is 4.41. The summed E-state index contributed by atoms with van der Waals surface area (Å²) in [5, 5.41) is 18.3. The summed E-state index contributed by atoms with van der Waals surface area (Å²) >= 11 is 12.2. The van der Waals surface area contributed by atoms with Crippen LogP contribution in [0.25, 0.3) is 5.69 Å². The Morgan fingerprint density at radius 1 is 1.16 bits per heavy atom. The van der Waals surface area contributed by atoms with Crippen molar-refractivity contribution in [3.8, 4) is 17.6 Å². The number of nitrogens with one attached hydrogen (secondary N) is 1. The first-order valence-electron chi connectivity index (χ1n) is 10.8. The topological polar surface area (TPSA) is 133 Å². The van der Waals surface area contributed by atoms with Crippen LogP contribution in [-0.2, 0) is 7.05 Å². The fourth-order valence-corrected chi connectivity index (χ4v) is 4.26. The summed E-state index contributed by atoms with van der Waals surface area (Å²) < 4.78 is 13.2.